The normalized spacial score (nSPS) is 19.4. The Morgan fingerprint density at radius 2 is 1.10 bits per heavy atom. The van der Waals surface area contributed by atoms with Gasteiger partial charge >= 0.3 is 0 Å². The molecule has 1 fully saturated rings. The molecule has 0 bridgehead atoms. The summed E-state index contributed by atoms with van der Waals surface area (Å²) >= 11 is 0. The summed E-state index contributed by atoms with van der Waals surface area (Å²) in [5.74, 6) is 0.653. The predicted octanol–water partition coefficient (Wildman–Crippen LogP) is 17.4. The molecule has 8 rings (SSSR count). The molecule has 1 unspecified atom stereocenters. The Kier molecular flexibility index (Phi) is 11.1. The molecule has 0 spiro atoms. The van der Waals surface area contributed by atoms with Crippen LogP contribution in [0.3, 0.4) is 0 Å². The summed E-state index contributed by atoms with van der Waals surface area (Å²) in [6, 6.07) is 43.2. The molecular weight excluding hydrogens is 747 g/mol. The van der Waals surface area contributed by atoms with E-state index in [9.17, 15) is 0 Å². The fourth-order valence-corrected chi connectivity index (χ4v) is 10.8. The third-order valence-corrected chi connectivity index (χ3v) is 15.0. The Morgan fingerprint density at radius 1 is 0.516 bits per heavy atom. The summed E-state index contributed by atoms with van der Waals surface area (Å²) in [4.78, 5) is 2.77. The molecule has 1 heteroatoms. The van der Waals surface area contributed by atoms with E-state index < -0.39 is 5.54 Å². The molecule has 324 valence electrons. The van der Waals surface area contributed by atoms with Gasteiger partial charge in [-0.2, -0.15) is 0 Å². The van der Waals surface area contributed by atoms with E-state index >= 15 is 0 Å². The van der Waals surface area contributed by atoms with Gasteiger partial charge in [0.1, 0.15) is 0 Å². The standard InChI is InChI=1S/C61H75N/c1-56(2,3)47-24-20-23-43(34-47)45-33-46(44-35-48(57(4,5)6)37-49(36-44)58(7,8)9)40-61(39-45,59(10,11)12)62(50-29-27-42(28-30-50)41-21-16-15-17-22-41)51-31-32-53-52-25-18-19-26-54(52)60(13,14)55(53)38-51/h18-20,23-39,41H,15-17,21-22,40H2,1-14H3. The van der Waals surface area contributed by atoms with E-state index in [4.69, 9.17) is 0 Å². The molecule has 0 aromatic heterocycles. The van der Waals surface area contributed by atoms with Gasteiger partial charge in [-0.05, 0) is 138 Å². The number of hydrogen-bond acceptors (Lipinski definition) is 1. The van der Waals surface area contributed by atoms with E-state index in [0.29, 0.717) is 5.92 Å². The van der Waals surface area contributed by atoms with Crippen molar-refractivity contribution in [3.8, 4) is 11.1 Å². The minimum atomic E-state index is -0.458. The van der Waals surface area contributed by atoms with Crippen molar-refractivity contribution in [2.75, 3.05) is 4.90 Å². The number of rotatable bonds is 6. The van der Waals surface area contributed by atoms with Gasteiger partial charge in [0.2, 0.25) is 0 Å². The number of nitrogens with zero attached hydrogens (tertiary/aromatic N) is 1. The lowest BCUT2D eigenvalue weighted by Gasteiger charge is -2.54. The van der Waals surface area contributed by atoms with Crippen LogP contribution in [0.1, 0.15) is 186 Å². The highest BCUT2D eigenvalue weighted by molar-refractivity contribution is 5.91. The minimum Gasteiger partial charge on any atom is -0.331 e. The van der Waals surface area contributed by atoms with Crippen LogP contribution in [-0.4, -0.2) is 5.54 Å². The maximum Gasteiger partial charge on any atom is 0.0730 e. The predicted molar refractivity (Wildman–Crippen MR) is 270 cm³/mol. The van der Waals surface area contributed by atoms with E-state index in [1.165, 1.54) is 110 Å². The van der Waals surface area contributed by atoms with Crippen molar-refractivity contribution in [1.82, 2.24) is 0 Å². The molecule has 3 aliphatic carbocycles. The smallest absolute Gasteiger partial charge is 0.0730 e. The van der Waals surface area contributed by atoms with Crippen LogP contribution in [0.2, 0.25) is 0 Å². The van der Waals surface area contributed by atoms with Crippen LogP contribution < -0.4 is 4.90 Å². The Balaban J connectivity index is 1.42. The molecule has 0 heterocycles. The maximum absolute atomic E-state index is 2.77. The van der Waals surface area contributed by atoms with Gasteiger partial charge < -0.3 is 4.90 Å². The van der Waals surface area contributed by atoms with Crippen molar-refractivity contribution in [2.24, 2.45) is 5.41 Å². The van der Waals surface area contributed by atoms with Gasteiger partial charge in [0.05, 0.1) is 5.54 Å². The third-order valence-electron chi connectivity index (χ3n) is 15.0. The number of fused-ring (bicyclic) bond motifs is 3. The van der Waals surface area contributed by atoms with Gasteiger partial charge in [-0.25, -0.2) is 0 Å². The van der Waals surface area contributed by atoms with Crippen LogP contribution in [0.4, 0.5) is 11.4 Å². The van der Waals surface area contributed by atoms with Crippen molar-refractivity contribution in [3.05, 3.63) is 166 Å². The highest BCUT2D eigenvalue weighted by Crippen LogP contribution is 2.56. The first-order chi connectivity index (χ1) is 29.0. The van der Waals surface area contributed by atoms with Gasteiger partial charge in [0.25, 0.3) is 0 Å². The molecule has 62 heavy (non-hydrogen) atoms. The second kappa shape index (κ2) is 15.6. The molecule has 3 aliphatic rings. The van der Waals surface area contributed by atoms with E-state index in [1.54, 1.807) is 0 Å². The number of anilines is 2. The second-order valence-corrected chi connectivity index (χ2v) is 23.9. The van der Waals surface area contributed by atoms with Gasteiger partial charge in [-0.15, -0.1) is 0 Å². The highest BCUT2D eigenvalue weighted by Gasteiger charge is 2.49. The van der Waals surface area contributed by atoms with Crippen molar-refractivity contribution in [1.29, 1.82) is 0 Å². The van der Waals surface area contributed by atoms with Crippen molar-refractivity contribution in [3.63, 3.8) is 0 Å². The van der Waals surface area contributed by atoms with Crippen LogP contribution in [0.15, 0.2) is 121 Å². The summed E-state index contributed by atoms with van der Waals surface area (Å²) in [7, 11) is 0. The Labute approximate surface area is 376 Å². The summed E-state index contributed by atoms with van der Waals surface area (Å²) in [5, 5.41) is 0. The average Bonchev–Trinajstić information content (AvgIpc) is 3.45. The zero-order valence-electron chi connectivity index (χ0n) is 40.8. The number of allylic oxidation sites excluding steroid dienone is 2. The number of hydrogen-bond donors (Lipinski definition) is 0. The summed E-state index contributed by atoms with van der Waals surface area (Å²) in [6.07, 6.45) is 12.7. The maximum atomic E-state index is 2.77. The highest BCUT2D eigenvalue weighted by atomic mass is 15.2. The molecule has 1 atom stereocenters. The largest absolute Gasteiger partial charge is 0.331 e. The van der Waals surface area contributed by atoms with Crippen LogP contribution in [-0.2, 0) is 21.7 Å². The quantitative estimate of drug-likeness (QED) is 0.165. The molecule has 1 saturated carbocycles. The number of benzene rings is 5. The molecule has 1 nitrogen and oxygen atoms in total. The van der Waals surface area contributed by atoms with Gasteiger partial charge in [-0.3, -0.25) is 0 Å². The van der Waals surface area contributed by atoms with Gasteiger partial charge in [0, 0.05) is 23.2 Å². The Bertz CT molecular complexity index is 2490. The van der Waals surface area contributed by atoms with Crippen LogP contribution >= 0.6 is 0 Å². The molecule has 0 aliphatic heterocycles. The van der Waals surface area contributed by atoms with Crippen LogP contribution in [0, 0.1) is 5.41 Å². The summed E-state index contributed by atoms with van der Waals surface area (Å²) < 4.78 is 0. The first-order valence-corrected chi connectivity index (χ1v) is 23.8. The van der Waals surface area contributed by atoms with E-state index in [-0.39, 0.29) is 27.1 Å². The second-order valence-electron chi connectivity index (χ2n) is 23.9. The first-order valence-electron chi connectivity index (χ1n) is 23.8. The summed E-state index contributed by atoms with van der Waals surface area (Å²) in [5.41, 5.74) is 18.3. The lowest BCUT2D eigenvalue weighted by molar-refractivity contribution is 0.243. The fraction of sp³-hybridized carbons (Fsp3) is 0.443. The van der Waals surface area contributed by atoms with Crippen LogP contribution in [0.5, 0.6) is 0 Å². The van der Waals surface area contributed by atoms with E-state index in [1.807, 2.05) is 0 Å². The molecule has 0 N–H and O–H groups in total. The first kappa shape index (κ1) is 44.0. The lowest BCUT2D eigenvalue weighted by Crippen LogP contribution is -2.55. The van der Waals surface area contributed by atoms with Gasteiger partial charge in [-0.1, -0.05) is 207 Å². The zero-order valence-corrected chi connectivity index (χ0v) is 40.8. The van der Waals surface area contributed by atoms with Crippen molar-refractivity contribution < 1.29 is 0 Å². The van der Waals surface area contributed by atoms with E-state index in [0.717, 1.165) is 6.42 Å². The monoisotopic (exact) mass is 822 g/mol. The molecule has 0 radical (unpaired) electrons. The summed E-state index contributed by atoms with van der Waals surface area (Å²) in [6.45, 7) is 33.5. The fourth-order valence-electron chi connectivity index (χ4n) is 10.8. The molecular formula is C61H75N. The Morgan fingerprint density at radius 3 is 1.71 bits per heavy atom. The Hall–Kier alpha value is -4.62. The lowest BCUT2D eigenvalue weighted by atomic mass is 9.64. The van der Waals surface area contributed by atoms with Crippen molar-refractivity contribution in [2.45, 2.75) is 169 Å². The van der Waals surface area contributed by atoms with E-state index in [2.05, 4.69) is 223 Å². The molecule has 0 saturated heterocycles. The molecule has 0 amide bonds. The minimum absolute atomic E-state index is 0.00692. The van der Waals surface area contributed by atoms with Gasteiger partial charge in [0.15, 0.2) is 0 Å². The zero-order chi connectivity index (χ0) is 44.6. The molecule has 5 aromatic carbocycles. The average molecular weight is 822 g/mol. The SMILES string of the molecule is CC(C)(C)c1cccc(C2=CC(N(c3ccc(C4CCCCC4)cc3)c3ccc4c(c3)C(C)(C)c3ccccc3-4)(C(C)(C)C)CC(c3cc(C(C)(C)C)cc(C(C)(C)C)c3)=C2)c1. The van der Waals surface area contributed by atoms with Crippen molar-refractivity contribution >= 4 is 22.5 Å². The third kappa shape index (κ3) is 8.08. The molecule has 5 aromatic rings. The van der Waals surface area contributed by atoms with Crippen LogP contribution in [0.25, 0.3) is 22.3 Å². The topological polar surface area (TPSA) is 3.24 Å².